The first-order valence-electron chi connectivity index (χ1n) is 10.4. The van der Waals surface area contributed by atoms with E-state index in [1.807, 2.05) is 47.0 Å². The van der Waals surface area contributed by atoms with Gasteiger partial charge in [0, 0.05) is 36.9 Å². The molecular weight excluding hydrogens is 396 g/mol. The molecule has 2 aromatic carbocycles. The molecule has 0 amide bonds. The van der Waals surface area contributed by atoms with E-state index in [0.717, 1.165) is 42.2 Å². The Morgan fingerprint density at radius 2 is 1.84 bits per heavy atom. The van der Waals surface area contributed by atoms with E-state index in [9.17, 15) is 9.59 Å². The molecule has 1 aliphatic rings. The van der Waals surface area contributed by atoms with Crippen molar-refractivity contribution in [1.82, 2.24) is 9.47 Å². The largest absolute Gasteiger partial charge is 0.497 e. The van der Waals surface area contributed by atoms with Crippen LogP contribution in [0.1, 0.15) is 22.8 Å². The first kappa shape index (κ1) is 21.1. The molecule has 7 nitrogen and oxygen atoms in total. The highest BCUT2D eigenvalue weighted by molar-refractivity contribution is 5.94. The summed E-state index contributed by atoms with van der Waals surface area (Å²) >= 11 is 0. The zero-order chi connectivity index (χ0) is 21.8. The average molecular weight is 422 g/mol. The number of pyridine rings is 1. The normalized spacial score (nSPS) is 14.5. The third-order valence-corrected chi connectivity index (χ3v) is 5.42. The van der Waals surface area contributed by atoms with E-state index in [-0.39, 0.29) is 17.6 Å². The number of morpholine rings is 1. The van der Waals surface area contributed by atoms with Gasteiger partial charge < -0.3 is 18.8 Å². The van der Waals surface area contributed by atoms with Gasteiger partial charge in [0.2, 0.25) is 5.43 Å². The molecule has 162 valence electrons. The average Bonchev–Trinajstić information content (AvgIpc) is 2.80. The molecule has 0 atom stereocenters. The molecule has 1 saturated heterocycles. The lowest BCUT2D eigenvalue weighted by atomic mass is 10.1. The van der Waals surface area contributed by atoms with Crippen LogP contribution in [0.25, 0.3) is 16.6 Å². The third-order valence-electron chi connectivity index (χ3n) is 5.42. The number of carbonyl (C=O) groups is 1. The van der Waals surface area contributed by atoms with Gasteiger partial charge >= 0.3 is 5.97 Å². The molecule has 0 aliphatic carbocycles. The second-order valence-electron chi connectivity index (χ2n) is 7.40. The van der Waals surface area contributed by atoms with E-state index in [2.05, 4.69) is 4.90 Å². The summed E-state index contributed by atoms with van der Waals surface area (Å²) in [6.07, 6.45) is 1.56. The topological polar surface area (TPSA) is 70.0 Å². The third kappa shape index (κ3) is 4.47. The van der Waals surface area contributed by atoms with Crippen LogP contribution in [-0.2, 0) is 16.0 Å². The molecule has 7 heteroatoms. The van der Waals surface area contributed by atoms with Crippen molar-refractivity contribution in [1.29, 1.82) is 0 Å². The molecule has 1 fully saturated rings. The van der Waals surface area contributed by atoms with Crippen LogP contribution < -0.4 is 10.2 Å². The minimum absolute atomic E-state index is 0.0219. The molecule has 4 rings (SSSR count). The van der Waals surface area contributed by atoms with E-state index in [1.54, 1.807) is 20.2 Å². The van der Waals surface area contributed by atoms with Crippen molar-refractivity contribution in [2.24, 2.45) is 0 Å². The first-order chi connectivity index (χ1) is 15.1. The number of aromatic nitrogens is 1. The van der Waals surface area contributed by atoms with E-state index >= 15 is 0 Å². The summed E-state index contributed by atoms with van der Waals surface area (Å²) in [5, 5.41) is 0.493. The number of esters is 1. The minimum Gasteiger partial charge on any atom is -0.497 e. The van der Waals surface area contributed by atoms with Gasteiger partial charge in [-0.2, -0.15) is 0 Å². The summed E-state index contributed by atoms with van der Waals surface area (Å²) < 4.78 is 17.7. The van der Waals surface area contributed by atoms with E-state index in [4.69, 9.17) is 14.2 Å². The number of benzene rings is 2. The Kier molecular flexibility index (Phi) is 6.34. The van der Waals surface area contributed by atoms with Crippen LogP contribution in [0, 0.1) is 0 Å². The van der Waals surface area contributed by atoms with Crippen LogP contribution in [0.15, 0.2) is 53.5 Å². The maximum atomic E-state index is 13.2. The molecule has 31 heavy (non-hydrogen) atoms. The molecular formula is C24H26N2O5. The lowest BCUT2D eigenvalue weighted by Crippen LogP contribution is -2.35. The van der Waals surface area contributed by atoms with Gasteiger partial charge in [0.15, 0.2) is 0 Å². The fourth-order valence-corrected chi connectivity index (χ4v) is 3.80. The quantitative estimate of drug-likeness (QED) is 0.569. The van der Waals surface area contributed by atoms with Crippen LogP contribution >= 0.6 is 0 Å². The Labute approximate surface area is 180 Å². The van der Waals surface area contributed by atoms with Crippen LogP contribution in [0.4, 0.5) is 0 Å². The monoisotopic (exact) mass is 422 g/mol. The van der Waals surface area contributed by atoms with E-state index < -0.39 is 5.97 Å². The van der Waals surface area contributed by atoms with Crippen molar-refractivity contribution < 1.29 is 19.0 Å². The summed E-state index contributed by atoms with van der Waals surface area (Å²) in [5.74, 6) is 0.114. The fraction of sp³-hybridized carbons (Fsp3) is 0.333. The SMILES string of the molecule is CCOC(=O)c1cn(-c2ccc(OC)cc2)c2ccc(CN3CCOCC3)cc2c1=O. The maximum Gasteiger partial charge on any atom is 0.343 e. The van der Waals surface area contributed by atoms with Gasteiger partial charge in [0.25, 0.3) is 0 Å². The summed E-state index contributed by atoms with van der Waals surface area (Å²) in [6, 6.07) is 13.3. The number of carbonyl (C=O) groups excluding carboxylic acids is 1. The van der Waals surface area contributed by atoms with Crippen molar-refractivity contribution in [2.45, 2.75) is 13.5 Å². The number of hydrogen-bond acceptors (Lipinski definition) is 6. The molecule has 2 heterocycles. The smallest absolute Gasteiger partial charge is 0.343 e. The molecule has 0 unspecified atom stereocenters. The first-order valence-corrected chi connectivity index (χ1v) is 10.4. The highest BCUT2D eigenvalue weighted by Crippen LogP contribution is 2.22. The zero-order valence-corrected chi connectivity index (χ0v) is 17.8. The lowest BCUT2D eigenvalue weighted by molar-refractivity contribution is 0.0342. The number of nitrogens with zero attached hydrogens (tertiary/aromatic N) is 2. The van der Waals surface area contributed by atoms with Crippen molar-refractivity contribution in [3.8, 4) is 11.4 Å². The number of rotatable bonds is 6. The Morgan fingerprint density at radius 1 is 1.10 bits per heavy atom. The Balaban J connectivity index is 1.83. The van der Waals surface area contributed by atoms with E-state index in [1.165, 1.54) is 0 Å². The van der Waals surface area contributed by atoms with E-state index in [0.29, 0.717) is 18.6 Å². The summed E-state index contributed by atoms with van der Waals surface area (Å²) in [7, 11) is 1.61. The maximum absolute atomic E-state index is 13.2. The van der Waals surface area contributed by atoms with Crippen molar-refractivity contribution in [2.75, 3.05) is 40.0 Å². The number of ether oxygens (including phenoxy) is 3. The summed E-state index contributed by atoms with van der Waals surface area (Å²) in [4.78, 5) is 28.0. The van der Waals surface area contributed by atoms with Crippen molar-refractivity contribution in [3.05, 3.63) is 70.0 Å². The van der Waals surface area contributed by atoms with Crippen LogP contribution in [0.3, 0.4) is 0 Å². The van der Waals surface area contributed by atoms with Crippen LogP contribution in [-0.4, -0.2) is 55.5 Å². The van der Waals surface area contributed by atoms with Gasteiger partial charge in [0.05, 0.1) is 32.4 Å². The van der Waals surface area contributed by atoms with Crippen LogP contribution in [0.2, 0.25) is 0 Å². The van der Waals surface area contributed by atoms with Crippen molar-refractivity contribution in [3.63, 3.8) is 0 Å². The number of hydrogen-bond donors (Lipinski definition) is 0. The second-order valence-corrected chi connectivity index (χ2v) is 7.40. The molecule has 0 saturated carbocycles. The van der Waals surface area contributed by atoms with Gasteiger partial charge in [-0.3, -0.25) is 9.69 Å². The molecule has 3 aromatic rings. The van der Waals surface area contributed by atoms with Crippen molar-refractivity contribution >= 4 is 16.9 Å². The molecule has 0 spiro atoms. The molecule has 0 bridgehead atoms. The molecule has 1 aliphatic heterocycles. The predicted molar refractivity (Wildman–Crippen MR) is 118 cm³/mol. The second kappa shape index (κ2) is 9.32. The molecule has 1 aromatic heterocycles. The van der Waals surface area contributed by atoms with Gasteiger partial charge in [-0.1, -0.05) is 6.07 Å². The van der Waals surface area contributed by atoms with Gasteiger partial charge in [0.1, 0.15) is 11.3 Å². The standard InChI is InChI=1S/C24H26N2O5/c1-3-31-24(28)21-16-26(18-5-7-19(29-2)8-6-18)22-9-4-17(14-20(22)23(21)27)15-25-10-12-30-13-11-25/h4-9,14,16H,3,10-13,15H2,1-2H3. The van der Waals surface area contributed by atoms with Gasteiger partial charge in [-0.05, 0) is 48.9 Å². The van der Waals surface area contributed by atoms with Gasteiger partial charge in [-0.25, -0.2) is 4.79 Å². The highest BCUT2D eigenvalue weighted by atomic mass is 16.5. The Morgan fingerprint density at radius 3 is 2.52 bits per heavy atom. The predicted octanol–water partition coefficient (Wildman–Crippen LogP) is 3.01. The highest BCUT2D eigenvalue weighted by Gasteiger charge is 2.18. The summed E-state index contributed by atoms with van der Waals surface area (Å²) in [6.45, 7) is 5.80. The summed E-state index contributed by atoms with van der Waals surface area (Å²) in [5.41, 5.74) is 2.27. The lowest BCUT2D eigenvalue weighted by Gasteiger charge is -2.26. The number of methoxy groups -OCH3 is 1. The van der Waals surface area contributed by atoms with Gasteiger partial charge in [-0.15, -0.1) is 0 Å². The Bertz CT molecular complexity index is 1130. The Hall–Kier alpha value is -3.16. The zero-order valence-electron chi connectivity index (χ0n) is 17.8. The minimum atomic E-state index is -0.616. The molecule has 0 N–H and O–H groups in total. The van der Waals surface area contributed by atoms with Crippen LogP contribution in [0.5, 0.6) is 5.75 Å². The molecule has 0 radical (unpaired) electrons. The number of fused-ring (bicyclic) bond motifs is 1. The fourth-order valence-electron chi connectivity index (χ4n) is 3.80.